The topological polar surface area (TPSA) is 80.2 Å². The molecule has 1 amide bonds. The molecule has 1 atom stereocenters. The number of rotatable bonds is 8. The molecule has 0 radical (unpaired) electrons. The maximum Gasteiger partial charge on any atom is 0.240 e. The molecule has 0 aliphatic heterocycles. The number of halogens is 1. The number of nitrogens with zero attached hydrogens (tertiary/aromatic N) is 1. The molecule has 0 saturated heterocycles. The quantitative estimate of drug-likeness (QED) is 0.506. The molecule has 0 aliphatic carbocycles. The van der Waals surface area contributed by atoms with Crippen LogP contribution in [0.3, 0.4) is 0 Å². The molecule has 2 aromatic carbocycles. The lowest BCUT2D eigenvalue weighted by Crippen LogP contribution is -2.18. The van der Waals surface area contributed by atoms with Gasteiger partial charge in [0.1, 0.15) is 0 Å². The highest BCUT2D eigenvalue weighted by Crippen LogP contribution is 2.35. The second-order valence-electron chi connectivity index (χ2n) is 5.50. The largest absolute Gasteiger partial charge is 0.493 e. The number of aliphatic hydroxyl groups is 1. The van der Waals surface area contributed by atoms with Crippen molar-refractivity contribution in [1.29, 1.82) is 0 Å². The van der Waals surface area contributed by atoms with Crippen molar-refractivity contribution in [2.75, 3.05) is 14.2 Å². The average Bonchev–Trinajstić information content (AvgIpc) is 2.66. The van der Waals surface area contributed by atoms with Crippen LogP contribution in [0, 0.1) is 0 Å². The van der Waals surface area contributed by atoms with Gasteiger partial charge in [-0.3, -0.25) is 4.79 Å². The highest BCUT2D eigenvalue weighted by molar-refractivity contribution is 9.10. The van der Waals surface area contributed by atoms with Gasteiger partial charge in [0.2, 0.25) is 5.91 Å². The van der Waals surface area contributed by atoms with Gasteiger partial charge in [-0.2, -0.15) is 5.10 Å². The first-order valence-electron chi connectivity index (χ1n) is 8.01. The monoisotopic (exact) mass is 420 g/mol. The Bertz CT molecular complexity index is 766. The molecule has 0 aromatic heterocycles. The van der Waals surface area contributed by atoms with E-state index in [0.29, 0.717) is 17.9 Å². The van der Waals surface area contributed by atoms with Crippen LogP contribution in [0.4, 0.5) is 0 Å². The summed E-state index contributed by atoms with van der Waals surface area (Å²) in [7, 11) is 3.10. The lowest BCUT2D eigenvalue weighted by molar-refractivity contribution is -0.121. The van der Waals surface area contributed by atoms with E-state index in [1.54, 1.807) is 26.4 Å². The maximum atomic E-state index is 11.9. The zero-order valence-corrected chi connectivity index (χ0v) is 16.2. The van der Waals surface area contributed by atoms with E-state index in [0.717, 1.165) is 15.6 Å². The Hall–Kier alpha value is -2.38. The second-order valence-corrected chi connectivity index (χ2v) is 6.35. The summed E-state index contributed by atoms with van der Waals surface area (Å²) in [5, 5.41) is 14.0. The molecule has 0 unspecified atom stereocenters. The van der Waals surface area contributed by atoms with Gasteiger partial charge in [0.05, 0.1) is 31.0 Å². The van der Waals surface area contributed by atoms with Crippen LogP contribution in [-0.4, -0.2) is 31.4 Å². The SMILES string of the molecule is COc1cc(/C=N\NC(=O)CC[C@H](O)c2ccccc2)cc(Br)c1OC. The highest BCUT2D eigenvalue weighted by atomic mass is 79.9. The maximum absolute atomic E-state index is 11.9. The van der Waals surface area contributed by atoms with Crippen molar-refractivity contribution in [2.45, 2.75) is 18.9 Å². The summed E-state index contributed by atoms with van der Waals surface area (Å²) in [6, 6.07) is 12.8. The lowest BCUT2D eigenvalue weighted by Gasteiger charge is -2.10. The summed E-state index contributed by atoms with van der Waals surface area (Å²) in [6.45, 7) is 0. The third-order valence-electron chi connectivity index (χ3n) is 3.69. The molecular formula is C19H21BrN2O4. The molecule has 0 saturated carbocycles. The molecular weight excluding hydrogens is 400 g/mol. The fourth-order valence-electron chi connectivity index (χ4n) is 2.36. The first kappa shape index (κ1) is 19.9. The van der Waals surface area contributed by atoms with Gasteiger partial charge in [0.25, 0.3) is 0 Å². The Morgan fingerprint density at radius 1 is 1.27 bits per heavy atom. The third-order valence-corrected chi connectivity index (χ3v) is 4.28. The molecule has 7 heteroatoms. The first-order chi connectivity index (χ1) is 12.5. The van der Waals surface area contributed by atoms with Crippen molar-refractivity contribution in [3.05, 3.63) is 58.1 Å². The minimum Gasteiger partial charge on any atom is -0.493 e. The van der Waals surface area contributed by atoms with Crippen LogP contribution in [-0.2, 0) is 4.79 Å². The molecule has 0 heterocycles. The van der Waals surface area contributed by atoms with E-state index in [-0.39, 0.29) is 12.3 Å². The predicted molar refractivity (Wildman–Crippen MR) is 104 cm³/mol. The Balaban J connectivity index is 1.88. The van der Waals surface area contributed by atoms with Crippen molar-refractivity contribution in [2.24, 2.45) is 5.10 Å². The Labute approximate surface area is 161 Å². The van der Waals surface area contributed by atoms with Crippen molar-refractivity contribution in [3.63, 3.8) is 0 Å². The van der Waals surface area contributed by atoms with Gasteiger partial charge in [-0.05, 0) is 45.6 Å². The summed E-state index contributed by atoms with van der Waals surface area (Å²) < 4.78 is 11.2. The standard InChI is InChI=1S/C19H21BrN2O4/c1-25-17-11-13(10-15(20)19(17)26-2)12-21-22-18(24)9-8-16(23)14-6-4-3-5-7-14/h3-7,10-12,16,23H,8-9H2,1-2H3,(H,22,24)/b21-12-/t16-/m0/s1. The Morgan fingerprint density at radius 2 is 2.00 bits per heavy atom. The second kappa shape index (κ2) is 9.94. The van der Waals surface area contributed by atoms with Crippen LogP contribution in [0.15, 0.2) is 52.0 Å². The number of hydrogen-bond donors (Lipinski definition) is 2. The molecule has 26 heavy (non-hydrogen) atoms. The van der Waals surface area contributed by atoms with Crippen LogP contribution < -0.4 is 14.9 Å². The summed E-state index contributed by atoms with van der Waals surface area (Å²) >= 11 is 3.40. The van der Waals surface area contributed by atoms with Gasteiger partial charge in [-0.1, -0.05) is 30.3 Å². The number of amides is 1. The molecule has 0 fully saturated rings. The van der Waals surface area contributed by atoms with Crippen molar-refractivity contribution in [1.82, 2.24) is 5.43 Å². The van der Waals surface area contributed by atoms with E-state index in [1.807, 2.05) is 30.3 Å². The van der Waals surface area contributed by atoms with Crippen molar-refractivity contribution in [3.8, 4) is 11.5 Å². The number of ether oxygens (including phenoxy) is 2. The van der Waals surface area contributed by atoms with E-state index in [1.165, 1.54) is 6.21 Å². The fraction of sp³-hybridized carbons (Fsp3) is 0.263. The van der Waals surface area contributed by atoms with Crippen molar-refractivity contribution >= 4 is 28.1 Å². The molecule has 2 aromatic rings. The van der Waals surface area contributed by atoms with Gasteiger partial charge < -0.3 is 14.6 Å². The number of aliphatic hydroxyl groups excluding tert-OH is 1. The number of carbonyl (C=O) groups is 1. The smallest absolute Gasteiger partial charge is 0.240 e. The number of methoxy groups -OCH3 is 2. The van der Waals surface area contributed by atoms with E-state index in [9.17, 15) is 9.90 Å². The van der Waals surface area contributed by atoms with E-state index in [4.69, 9.17) is 9.47 Å². The van der Waals surface area contributed by atoms with Crippen molar-refractivity contribution < 1.29 is 19.4 Å². The van der Waals surface area contributed by atoms with E-state index in [2.05, 4.69) is 26.5 Å². The molecule has 0 bridgehead atoms. The molecule has 0 spiro atoms. The predicted octanol–water partition coefficient (Wildman–Crippen LogP) is 3.43. The van der Waals surface area contributed by atoms with Gasteiger partial charge in [-0.25, -0.2) is 5.43 Å². The van der Waals surface area contributed by atoms with Crippen LogP contribution >= 0.6 is 15.9 Å². The molecule has 2 rings (SSSR count). The van der Waals surface area contributed by atoms with E-state index < -0.39 is 6.10 Å². The number of nitrogens with one attached hydrogen (secondary N) is 1. The zero-order valence-electron chi connectivity index (χ0n) is 14.6. The molecule has 2 N–H and O–H groups in total. The lowest BCUT2D eigenvalue weighted by atomic mass is 10.1. The zero-order chi connectivity index (χ0) is 18.9. The van der Waals surface area contributed by atoms with E-state index >= 15 is 0 Å². The molecule has 0 aliphatic rings. The number of carbonyl (C=O) groups excluding carboxylic acids is 1. The van der Waals surface area contributed by atoms with Gasteiger partial charge in [0, 0.05) is 6.42 Å². The minimum atomic E-state index is -0.673. The van der Waals surface area contributed by atoms with Crippen LogP contribution in [0.1, 0.15) is 30.1 Å². The van der Waals surface area contributed by atoms with Crippen LogP contribution in [0.5, 0.6) is 11.5 Å². The average molecular weight is 421 g/mol. The highest BCUT2D eigenvalue weighted by Gasteiger charge is 2.11. The normalized spacial score (nSPS) is 12.0. The molecule has 138 valence electrons. The van der Waals surface area contributed by atoms with Crippen LogP contribution in [0.25, 0.3) is 0 Å². The minimum absolute atomic E-state index is 0.170. The number of hydrazone groups is 1. The third kappa shape index (κ3) is 5.57. The summed E-state index contributed by atoms with van der Waals surface area (Å²) in [5.41, 5.74) is 3.98. The van der Waals surface area contributed by atoms with Gasteiger partial charge >= 0.3 is 0 Å². The summed E-state index contributed by atoms with van der Waals surface area (Å²) in [5.74, 6) is 0.875. The van der Waals surface area contributed by atoms with Gasteiger partial charge in [0.15, 0.2) is 11.5 Å². The van der Waals surface area contributed by atoms with Crippen LogP contribution in [0.2, 0.25) is 0 Å². The summed E-state index contributed by atoms with van der Waals surface area (Å²) in [6.07, 6.45) is 1.34. The Kier molecular flexibility index (Phi) is 7.62. The number of hydrogen-bond acceptors (Lipinski definition) is 5. The number of benzene rings is 2. The summed E-state index contributed by atoms with van der Waals surface area (Å²) in [4.78, 5) is 11.9. The Morgan fingerprint density at radius 3 is 2.65 bits per heavy atom. The fourth-order valence-corrected chi connectivity index (χ4v) is 2.98. The first-order valence-corrected chi connectivity index (χ1v) is 8.81. The van der Waals surface area contributed by atoms with Gasteiger partial charge in [-0.15, -0.1) is 0 Å². The molecule has 6 nitrogen and oxygen atoms in total.